The molecular formula is C13H20BrNO3S. The van der Waals surface area contributed by atoms with Gasteiger partial charge < -0.3 is 10.1 Å². The molecule has 0 aliphatic rings. The van der Waals surface area contributed by atoms with Crippen molar-refractivity contribution in [1.29, 1.82) is 0 Å². The van der Waals surface area contributed by atoms with Gasteiger partial charge in [-0.3, -0.25) is 0 Å². The summed E-state index contributed by atoms with van der Waals surface area (Å²) in [6.45, 7) is 2.80. The van der Waals surface area contributed by atoms with Crippen LogP contribution in [0.25, 0.3) is 0 Å². The molecule has 0 aliphatic heterocycles. The predicted molar refractivity (Wildman–Crippen MR) is 81.4 cm³/mol. The highest BCUT2D eigenvalue weighted by Crippen LogP contribution is 2.29. The van der Waals surface area contributed by atoms with Crippen LogP contribution in [-0.2, 0) is 9.84 Å². The number of hydrogen-bond acceptors (Lipinski definition) is 4. The molecule has 108 valence electrons. The summed E-state index contributed by atoms with van der Waals surface area (Å²) >= 11 is 3.41. The van der Waals surface area contributed by atoms with Crippen LogP contribution in [0.15, 0.2) is 22.7 Å². The second kappa shape index (κ2) is 7.26. The Morgan fingerprint density at radius 1 is 1.42 bits per heavy atom. The van der Waals surface area contributed by atoms with Gasteiger partial charge in [-0.2, -0.15) is 0 Å². The van der Waals surface area contributed by atoms with Crippen LogP contribution in [-0.4, -0.2) is 34.1 Å². The van der Waals surface area contributed by atoms with Crippen LogP contribution in [0.4, 0.5) is 0 Å². The first-order chi connectivity index (χ1) is 8.87. The number of ether oxygens (including phenoxy) is 1. The number of halogens is 1. The van der Waals surface area contributed by atoms with Gasteiger partial charge in [0.2, 0.25) is 0 Å². The minimum Gasteiger partial charge on any atom is -0.496 e. The van der Waals surface area contributed by atoms with Crippen LogP contribution in [0.3, 0.4) is 0 Å². The van der Waals surface area contributed by atoms with Crippen molar-refractivity contribution in [3.05, 3.63) is 28.2 Å². The van der Waals surface area contributed by atoms with E-state index in [4.69, 9.17) is 4.74 Å². The van der Waals surface area contributed by atoms with E-state index < -0.39 is 9.84 Å². The molecule has 1 rings (SSSR count). The zero-order chi connectivity index (χ0) is 14.5. The van der Waals surface area contributed by atoms with Gasteiger partial charge in [-0.25, -0.2) is 8.42 Å². The number of rotatable bonds is 7. The molecule has 1 N–H and O–H groups in total. The summed E-state index contributed by atoms with van der Waals surface area (Å²) in [6.07, 6.45) is 2.19. The molecule has 0 aliphatic carbocycles. The first kappa shape index (κ1) is 16.5. The molecule has 0 amide bonds. The van der Waals surface area contributed by atoms with Gasteiger partial charge in [-0.1, -0.05) is 22.9 Å². The minimum atomic E-state index is -3.07. The maximum absolute atomic E-state index is 11.6. The second-order valence-corrected chi connectivity index (χ2v) is 7.59. The summed E-state index contributed by atoms with van der Waals surface area (Å²) in [5, 5.41) is 3.26. The Hall–Kier alpha value is -0.590. The molecule has 1 unspecified atom stereocenters. The highest BCUT2D eigenvalue weighted by Gasteiger charge is 2.20. The number of methoxy groups -OCH3 is 1. The second-order valence-electron chi connectivity index (χ2n) is 4.49. The van der Waals surface area contributed by atoms with Gasteiger partial charge in [-0.05, 0) is 31.2 Å². The molecule has 1 aromatic carbocycles. The molecule has 0 aromatic heterocycles. The lowest BCUT2D eigenvalue weighted by Crippen LogP contribution is -2.28. The third kappa shape index (κ3) is 5.50. The van der Waals surface area contributed by atoms with Gasteiger partial charge in [0.15, 0.2) is 0 Å². The highest BCUT2D eigenvalue weighted by atomic mass is 79.9. The normalized spacial score (nSPS) is 13.3. The Labute approximate surface area is 123 Å². The lowest BCUT2D eigenvalue weighted by Gasteiger charge is -2.20. The Morgan fingerprint density at radius 2 is 2.11 bits per heavy atom. The average molecular weight is 350 g/mol. The molecule has 0 saturated heterocycles. The van der Waals surface area contributed by atoms with E-state index in [-0.39, 0.29) is 11.8 Å². The summed E-state index contributed by atoms with van der Waals surface area (Å²) in [6, 6.07) is 5.35. The lowest BCUT2D eigenvalue weighted by atomic mass is 10.1. The molecule has 0 bridgehead atoms. The largest absolute Gasteiger partial charge is 0.496 e. The third-order valence-electron chi connectivity index (χ3n) is 2.68. The number of hydrogen-bond donors (Lipinski definition) is 1. The van der Waals surface area contributed by atoms with Crippen molar-refractivity contribution >= 4 is 25.8 Å². The monoisotopic (exact) mass is 349 g/mol. The van der Waals surface area contributed by atoms with Gasteiger partial charge in [0.1, 0.15) is 15.6 Å². The quantitative estimate of drug-likeness (QED) is 0.821. The molecule has 6 heteroatoms. The Bertz CT molecular complexity index is 517. The number of sulfone groups is 1. The zero-order valence-corrected chi connectivity index (χ0v) is 13.8. The van der Waals surface area contributed by atoms with E-state index >= 15 is 0 Å². The summed E-state index contributed by atoms with van der Waals surface area (Å²) in [5.74, 6) is 0.750. The van der Waals surface area contributed by atoms with E-state index in [1.807, 2.05) is 25.1 Å². The van der Waals surface area contributed by atoms with E-state index in [1.54, 1.807) is 7.11 Å². The van der Waals surface area contributed by atoms with Crippen molar-refractivity contribution in [1.82, 2.24) is 5.32 Å². The summed E-state index contributed by atoms with van der Waals surface area (Å²) in [5.41, 5.74) is 0.857. The fourth-order valence-electron chi connectivity index (χ4n) is 1.86. The first-order valence-corrected chi connectivity index (χ1v) is 8.97. The topological polar surface area (TPSA) is 55.4 Å². The fourth-order valence-corrected chi connectivity index (χ4v) is 3.14. The van der Waals surface area contributed by atoms with E-state index in [2.05, 4.69) is 21.2 Å². The SMILES string of the molecule is CCCNC(CS(C)(=O)=O)c1cc(Br)ccc1OC. The van der Waals surface area contributed by atoms with Crippen LogP contribution in [0.2, 0.25) is 0 Å². The number of nitrogens with one attached hydrogen (secondary N) is 1. The molecule has 1 atom stereocenters. The smallest absolute Gasteiger partial charge is 0.149 e. The van der Waals surface area contributed by atoms with Crippen LogP contribution in [0, 0.1) is 0 Å². The predicted octanol–water partition coefficient (Wildman–Crippen LogP) is 2.54. The Morgan fingerprint density at radius 3 is 2.63 bits per heavy atom. The van der Waals surface area contributed by atoms with E-state index in [9.17, 15) is 8.42 Å². The maximum atomic E-state index is 11.6. The van der Waals surface area contributed by atoms with Crippen molar-refractivity contribution in [2.45, 2.75) is 19.4 Å². The zero-order valence-electron chi connectivity index (χ0n) is 11.4. The number of benzene rings is 1. The van der Waals surface area contributed by atoms with Gasteiger partial charge in [0, 0.05) is 22.3 Å². The first-order valence-electron chi connectivity index (χ1n) is 6.12. The van der Waals surface area contributed by atoms with E-state index in [0.717, 1.165) is 23.0 Å². The molecule has 4 nitrogen and oxygen atoms in total. The maximum Gasteiger partial charge on any atom is 0.149 e. The van der Waals surface area contributed by atoms with E-state index in [1.165, 1.54) is 6.26 Å². The van der Waals surface area contributed by atoms with Crippen molar-refractivity contribution in [3.8, 4) is 5.75 Å². The standard InChI is InChI=1S/C13H20BrNO3S/c1-4-7-15-12(9-19(3,16)17)11-8-10(14)5-6-13(11)18-2/h5-6,8,12,15H,4,7,9H2,1-3H3. The van der Waals surface area contributed by atoms with Crippen LogP contribution >= 0.6 is 15.9 Å². The minimum absolute atomic E-state index is 0.0554. The summed E-state index contributed by atoms with van der Waals surface area (Å²) in [4.78, 5) is 0. The van der Waals surface area contributed by atoms with Gasteiger partial charge in [-0.15, -0.1) is 0 Å². The van der Waals surface area contributed by atoms with Gasteiger partial charge in [0.25, 0.3) is 0 Å². The molecule has 0 fully saturated rings. The molecule has 0 heterocycles. The molecule has 0 radical (unpaired) electrons. The van der Waals surface area contributed by atoms with Crippen molar-refractivity contribution in [2.24, 2.45) is 0 Å². The Balaban J connectivity index is 3.11. The van der Waals surface area contributed by atoms with Gasteiger partial charge in [0.05, 0.1) is 12.9 Å². The van der Waals surface area contributed by atoms with Gasteiger partial charge >= 0.3 is 0 Å². The average Bonchev–Trinajstić information content (AvgIpc) is 2.33. The molecule has 19 heavy (non-hydrogen) atoms. The molecular weight excluding hydrogens is 330 g/mol. The van der Waals surface area contributed by atoms with Crippen LogP contribution < -0.4 is 10.1 Å². The van der Waals surface area contributed by atoms with Crippen molar-refractivity contribution in [2.75, 3.05) is 25.7 Å². The van der Waals surface area contributed by atoms with E-state index in [0.29, 0.717) is 5.75 Å². The molecule has 0 spiro atoms. The van der Waals surface area contributed by atoms with Crippen molar-refractivity contribution in [3.63, 3.8) is 0 Å². The fraction of sp³-hybridized carbons (Fsp3) is 0.538. The third-order valence-corrected chi connectivity index (χ3v) is 4.11. The summed E-state index contributed by atoms with van der Waals surface area (Å²) in [7, 11) is -1.49. The lowest BCUT2D eigenvalue weighted by molar-refractivity contribution is 0.401. The van der Waals surface area contributed by atoms with Crippen molar-refractivity contribution < 1.29 is 13.2 Å². The molecule has 0 saturated carbocycles. The highest BCUT2D eigenvalue weighted by molar-refractivity contribution is 9.10. The Kier molecular flexibility index (Phi) is 6.29. The molecule has 1 aromatic rings. The van der Waals surface area contributed by atoms with Crippen LogP contribution in [0.5, 0.6) is 5.75 Å². The summed E-state index contributed by atoms with van der Waals surface area (Å²) < 4.78 is 29.4. The van der Waals surface area contributed by atoms with Crippen LogP contribution in [0.1, 0.15) is 24.9 Å².